The summed E-state index contributed by atoms with van der Waals surface area (Å²) in [6, 6.07) is 65.0. The topological polar surface area (TPSA) is 69.6 Å². The van der Waals surface area contributed by atoms with Crippen LogP contribution in [0.2, 0.25) is 0 Å². The fourth-order valence-corrected chi connectivity index (χ4v) is 8.59. The maximum absolute atomic E-state index is 6.42. The Labute approximate surface area is 332 Å². The monoisotopic (exact) mass is 741 g/mol. The molecule has 0 aliphatic heterocycles. The molecular weight excluding hydrogens is 711 g/mol. The van der Waals surface area contributed by atoms with Crippen molar-refractivity contribution in [1.82, 2.24) is 24.5 Å². The van der Waals surface area contributed by atoms with Crippen molar-refractivity contribution in [1.29, 1.82) is 0 Å². The van der Waals surface area contributed by atoms with Gasteiger partial charge in [0.25, 0.3) is 0 Å². The van der Waals surface area contributed by atoms with Crippen molar-refractivity contribution in [2.75, 3.05) is 0 Å². The van der Waals surface area contributed by atoms with E-state index < -0.39 is 0 Å². The van der Waals surface area contributed by atoms with Gasteiger partial charge in [-0.15, -0.1) is 0 Å². The number of hydrogen-bond acceptors (Lipinski definition) is 5. The Morgan fingerprint density at radius 1 is 0.345 bits per heavy atom. The predicted molar refractivity (Wildman–Crippen MR) is 236 cm³/mol. The molecule has 0 bridgehead atoms. The lowest BCUT2D eigenvalue weighted by molar-refractivity contribution is 0.669. The zero-order valence-electron chi connectivity index (χ0n) is 31.0. The van der Waals surface area contributed by atoms with Crippen LogP contribution in [0.1, 0.15) is 0 Å². The molecule has 0 aliphatic carbocycles. The minimum absolute atomic E-state index is 0.570. The third kappa shape index (κ3) is 5.05. The minimum atomic E-state index is 0.570. The van der Waals surface area contributed by atoms with Crippen LogP contribution in [0.4, 0.5) is 0 Å². The average Bonchev–Trinajstić information content (AvgIpc) is 3.85. The van der Waals surface area contributed by atoms with E-state index in [1.165, 1.54) is 0 Å². The van der Waals surface area contributed by atoms with Gasteiger partial charge in [0, 0.05) is 54.4 Å². The van der Waals surface area contributed by atoms with E-state index in [-0.39, 0.29) is 0 Å². The maximum atomic E-state index is 6.42. The second kappa shape index (κ2) is 12.8. The van der Waals surface area contributed by atoms with E-state index in [2.05, 4.69) is 144 Å². The third-order valence-electron chi connectivity index (χ3n) is 11.2. The van der Waals surface area contributed by atoms with E-state index in [1.807, 2.05) is 48.5 Å². The van der Waals surface area contributed by atoms with Crippen LogP contribution in [0.25, 0.3) is 117 Å². The number of aromatic nitrogens is 5. The van der Waals surface area contributed by atoms with Gasteiger partial charge in [-0.2, -0.15) is 9.97 Å². The van der Waals surface area contributed by atoms with Crippen LogP contribution in [-0.2, 0) is 0 Å². The Morgan fingerprint density at radius 2 is 0.948 bits per heavy atom. The molecule has 0 saturated heterocycles. The zero-order valence-corrected chi connectivity index (χ0v) is 31.0. The second-order valence-corrected chi connectivity index (χ2v) is 14.6. The number of pyridine rings is 1. The summed E-state index contributed by atoms with van der Waals surface area (Å²) in [5, 5.41) is 7.77. The molecule has 270 valence electrons. The molecule has 12 rings (SSSR count). The molecule has 0 unspecified atom stereocenters. The number of para-hydroxylation sites is 3. The highest BCUT2D eigenvalue weighted by Crippen LogP contribution is 2.42. The highest BCUT2D eigenvalue weighted by atomic mass is 16.3. The molecule has 4 heterocycles. The van der Waals surface area contributed by atoms with Crippen molar-refractivity contribution in [3.63, 3.8) is 0 Å². The van der Waals surface area contributed by atoms with E-state index in [9.17, 15) is 0 Å². The molecule has 0 aliphatic rings. The summed E-state index contributed by atoms with van der Waals surface area (Å²) in [6.45, 7) is 0. The lowest BCUT2D eigenvalue weighted by Gasteiger charge is -2.13. The lowest BCUT2D eigenvalue weighted by Crippen LogP contribution is -2.06. The number of benzene rings is 8. The molecule has 58 heavy (non-hydrogen) atoms. The normalized spacial score (nSPS) is 11.8. The molecule has 4 aromatic heterocycles. The summed E-state index contributed by atoms with van der Waals surface area (Å²) in [4.78, 5) is 20.7. The van der Waals surface area contributed by atoms with Crippen LogP contribution < -0.4 is 0 Å². The Bertz CT molecular complexity index is 3520. The molecule has 0 amide bonds. The van der Waals surface area contributed by atoms with E-state index in [4.69, 9.17) is 24.4 Å². The van der Waals surface area contributed by atoms with E-state index in [0.29, 0.717) is 17.6 Å². The van der Waals surface area contributed by atoms with Crippen molar-refractivity contribution >= 4 is 65.4 Å². The summed E-state index contributed by atoms with van der Waals surface area (Å²) in [7, 11) is 0. The molecule has 0 fully saturated rings. The molecule has 12 aromatic rings. The zero-order chi connectivity index (χ0) is 38.2. The minimum Gasteiger partial charge on any atom is -0.456 e. The standard InChI is InChI=1S/C52H31N5O/c1-3-14-32(15-4-1)49-40-27-29-46-48(39-22-9-12-25-45(39)58-46)47(40)41-31-35(26-28-42(41)53-49)34-18-13-19-36(30-34)51-54-50(33-16-5-2-6-17-33)55-52(56-51)57-43-23-10-7-20-37(43)38-21-8-11-24-44(38)57/h1-31H. The number of nitrogens with zero attached hydrogens (tertiary/aromatic N) is 5. The van der Waals surface area contributed by atoms with Crippen molar-refractivity contribution < 1.29 is 4.42 Å². The van der Waals surface area contributed by atoms with Crippen LogP contribution in [-0.4, -0.2) is 24.5 Å². The summed E-state index contributed by atoms with van der Waals surface area (Å²) in [6.07, 6.45) is 0. The van der Waals surface area contributed by atoms with Crippen molar-refractivity contribution in [3.8, 4) is 51.1 Å². The lowest BCUT2D eigenvalue weighted by atomic mass is 9.94. The van der Waals surface area contributed by atoms with Crippen LogP contribution in [0.15, 0.2) is 192 Å². The molecule has 0 spiro atoms. The first-order chi connectivity index (χ1) is 28.7. The van der Waals surface area contributed by atoms with E-state index in [1.54, 1.807) is 0 Å². The second-order valence-electron chi connectivity index (χ2n) is 14.6. The highest BCUT2D eigenvalue weighted by molar-refractivity contribution is 6.28. The van der Waals surface area contributed by atoms with Gasteiger partial charge in [0.05, 0.1) is 22.2 Å². The Morgan fingerprint density at radius 3 is 1.71 bits per heavy atom. The quantitative estimate of drug-likeness (QED) is 0.164. The molecular formula is C52H31N5O. The number of rotatable bonds is 5. The summed E-state index contributed by atoms with van der Waals surface area (Å²) < 4.78 is 8.57. The number of furan rings is 1. The van der Waals surface area contributed by atoms with Gasteiger partial charge in [-0.1, -0.05) is 140 Å². The first kappa shape index (κ1) is 32.3. The van der Waals surface area contributed by atoms with Crippen LogP contribution in [0.3, 0.4) is 0 Å². The van der Waals surface area contributed by atoms with Crippen LogP contribution in [0, 0.1) is 0 Å². The molecule has 8 aromatic carbocycles. The van der Waals surface area contributed by atoms with E-state index >= 15 is 0 Å². The number of fused-ring (bicyclic) bond motifs is 10. The van der Waals surface area contributed by atoms with Gasteiger partial charge in [-0.05, 0) is 59.7 Å². The van der Waals surface area contributed by atoms with Gasteiger partial charge in [0.15, 0.2) is 11.6 Å². The van der Waals surface area contributed by atoms with Crippen molar-refractivity contribution in [3.05, 3.63) is 188 Å². The number of hydrogen-bond donors (Lipinski definition) is 0. The van der Waals surface area contributed by atoms with Gasteiger partial charge in [-0.3, -0.25) is 4.57 Å². The van der Waals surface area contributed by atoms with Gasteiger partial charge >= 0.3 is 0 Å². The molecule has 0 saturated carbocycles. The van der Waals surface area contributed by atoms with Crippen LogP contribution in [0.5, 0.6) is 0 Å². The van der Waals surface area contributed by atoms with Gasteiger partial charge in [0.2, 0.25) is 5.95 Å². The van der Waals surface area contributed by atoms with Crippen molar-refractivity contribution in [2.45, 2.75) is 0 Å². The fraction of sp³-hybridized carbons (Fsp3) is 0. The Balaban J connectivity index is 1.07. The molecule has 0 atom stereocenters. The van der Waals surface area contributed by atoms with Gasteiger partial charge < -0.3 is 4.42 Å². The molecule has 6 heteroatoms. The highest BCUT2D eigenvalue weighted by Gasteiger charge is 2.20. The Kier molecular flexibility index (Phi) is 7.13. The largest absolute Gasteiger partial charge is 0.456 e. The SMILES string of the molecule is c1ccc(-c2nc(-c3cccc(-c4ccc5nc(-c6ccccc6)c6ccc7oc8ccccc8c7c6c5c4)c3)nc(-n3c4ccccc4c4ccccc43)n2)cc1. The summed E-state index contributed by atoms with van der Waals surface area (Å²) >= 11 is 0. The smallest absolute Gasteiger partial charge is 0.238 e. The van der Waals surface area contributed by atoms with E-state index in [0.717, 1.165) is 98.9 Å². The van der Waals surface area contributed by atoms with Crippen LogP contribution >= 0.6 is 0 Å². The first-order valence-corrected chi connectivity index (χ1v) is 19.4. The fourth-order valence-electron chi connectivity index (χ4n) is 8.59. The summed E-state index contributed by atoms with van der Waals surface area (Å²) in [5.74, 6) is 1.78. The predicted octanol–water partition coefficient (Wildman–Crippen LogP) is 13.2. The molecule has 0 radical (unpaired) electrons. The maximum Gasteiger partial charge on any atom is 0.238 e. The summed E-state index contributed by atoms with van der Waals surface area (Å²) in [5.41, 5.74) is 10.7. The molecule has 6 nitrogen and oxygen atoms in total. The molecule has 0 N–H and O–H groups in total. The van der Waals surface area contributed by atoms with Crippen molar-refractivity contribution in [2.24, 2.45) is 0 Å². The van der Waals surface area contributed by atoms with Gasteiger partial charge in [0.1, 0.15) is 11.2 Å². The van der Waals surface area contributed by atoms with Gasteiger partial charge in [-0.25, -0.2) is 9.97 Å². The Hall–Kier alpha value is -7.96. The average molecular weight is 742 g/mol. The third-order valence-corrected chi connectivity index (χ3v) is 11.2. The first-order valence-electron chi connectivity index (χ1n) is 19.4.